The maximum Gasteiger partial charge on any atom is 0.407 e. The standard InChI is InChI=1S/C25H30F3N3O4S/c1-15(2)14-21(24(33)31-20-12-13-29-23(20)32)30-22(25(26,27)28)18-6-4-16(5-7-18)17-8-10-19(11-9-17)36(3,34)35/h4-11,15,20-22,30H,12-14H2,1-3H3,(H,29,32)(H,31,33)/t20?,21-,22?/m0/s1. The number of hydrogen-bond donors (Lipinski definition) is 3. The fraction of sp³-hybridized carbons (Fsp3) is 0.440. The second-order valence-electron chi connectivity index (χ2n) is 9.38. The van der Waals surface area contributed by atoms with Gasteiger partial charge in [0.1, 0.15) is 12.1 Å². The molecule has 2 unspecified atom stereocenters. The van der Waals surface area contributed by atoms with Crippen molar-refractivity contribution < 1.29 is 31.2 Å². The Labute approximate surface area is 208 Å². The van der Waals surface area contributed by atoms with Gasteiger partial charge in [-0.1, -0.05) is 50.2 Å². The summed E-state index contributed by atoms with van der Waals surface area (Å²) >= 11 is 0. The summed E-state index contributed by atoms with van der Waals surface area (Å²) in [7, 11) is -3.36. The first-order valence-corrected chi connectivity index (χ1v) is 13.5. The predicted octanol–water partition coefficient (Wildman–Crippen LogP) is 3.37. The molecule has 0 saturated carbocycles. The molecule has 1 aliphatic rings. The molecular weight excluding hydrogens is 495 g/mol. The normalized spacial score (nSPS) is 18.1. The van der Waals surface area contributed by atoms with Gasteiger partial charge in [-0.05, 0) is 47.6 Å². The molecule has 0 aromatic heterocycles. The lowest BCUT2D eigenvalue weighted by atomic mass is 9.97. The minimum atomic E-state index is -4.68. The van der Waals surface area contributed by atoms with Crippen LogP contribution in [-0.2, 0) is 19.4 Å². The van der Waals surface area contributed by atoms with Gasteiger partial charge in [0.2, 0.25) is 11.8 Å². The van der Waals surface area contributed by atoms with Crippen molar-refractivity contribution in [2.75, 3.05) is 12.8 Å². The van der Waals surface area contributed by atoms with Crippen LogP contribution < -0.4 is 16.0 Å². The Morgan fingerprint density at radius 2 is 1.61 bits per heavy atom. The van der Waals surface area contributed by atoms with Crippen LogP contribution in [0.1, 0.15) is 38.3 Å². The number of hydrogen-bond acceptors (Lipinski definition) is 5. The van der Waals surface area contributed by atoms with Crippen LogP contribution in [0.5, 0.6) is 0 Å². The van der Waals surface area contributed by atoms with Gasteiger partial charge in [0.25, 0.3) is 0 Å². The first kappa shape index (κ1) is 27.7. The zero-order valence-corrected chi connectivity index (χ0v) is 21.0. The van der Waals surface area contributed by atoms with E-state index in [0.717, 1.165) is 6.26 Å². The van der Waals surface area contributed by atoms with E-state index in [1.165, 1.54) is 36.4 Å². The van der Waals surface area contributed by atoms with Crippen LogP contribution in [0, 0.1) is 5.92 Å². The van der Waals surface area contributed by atoms with Crippen molar-refractivity contribution in [2.45, 2.75) is 55.9 Å². The third-order valence-electron chi connectivity index (χ3n) is 5.94. The molecule has 0 radical (unpaired) electrons. The zero-order chi connectivity index (χ0) is 26.7. The van der Waals surface area contributed by atoms with E-state index in [1.54, 1.807) is 26.0 Å². The van der Waals surface area contributed by atoms with Crippen molar-refractivity contribution in [1.82, 2.24) is 16.0 Å². The lowest BCUT2D eigenvalue weighted by molar-refractivity contribution is -0.161. The monoisotopic (exact) mass is 525 g/mol. The molecule has 7 nitrogen and oxygen atoms in total. The van der Waals surface area contributed by atoms with Crippen LogP contribution >= 0.6 is 0 Å². The number of carbonyl (C=O) groups is 2. The van der Waals surface area contributed by atoms with Gasteiger partial charge in [-0.3, -0.25) is 14.9 Å². The molecule has 1 heterocycles. The zero-order valence-electron chi connectivity index (χ0n) is 20.2. The van der Waals surface area contributed by atoms with Gasteiger partial charge in [-0.25, -0.2) is 8.42 Å². The molecule has 2 aromatic rings. The predicted molar refractivity (Wildman–Crippen MR) is 130 cm³/mol. The summed E-state index contributed by atoms with van der Waals surface area (Å²) in [4.78, 5) is 24.8. The van der Waals surface area contributed by atoms with Gasteiger partial charge in [0.05, 0.1) is 10.9 Å². The largest absolute Gasteiger partial charge is 0.407 e. The summed E-state index contributed by atoms with van der Waals surface area (Å²) in [6.45, 7) is 4.01. The summed E-state index contributed by atoms with van der Waals surface area (Å²) in [5.74, 6) is -1.07. The number of alkyl halides is 3. The van der Waals surface area contributed by atoms with Crippen LogP contribution in [-0.4, -0.2) is 51.3 Å². The van der Waals surface area contributed by atoms with Gasteiger partial charge < -0.3 is 10.6 Å². The number of nitrogens with one attached hydrogen (secondary N) is 3. The Hall–Kier alpha value is -2.92. The summed E-state index contributed by atoms with van der Waals surface area (Å²) < 4.78 is 65.6. The molecule has 1 aliphatic heterocycles. The van der Waals surface area contributed by atoms with E-state index in [4.69, 9.17) is 0 Å². The second-order valence-corrected chi connectivity index (χ2v) is 11.4. The molecule has 0 bridgehead atoms. The summed E-state index contributed by atoms with van der Waals surface area (Å²) in [5.41, 5.74) is 1.19. The molecule has 1 saturated heterocycles. The highest BCUT2D eigenvalue weighted by Crippen LogP contribution is 2.35. The van der Waals surface area contributed by atoms with Crippen molar-refractivity contribution in [3.8, 4) is 11.1 Å². The highest BCUT2D eigenvalue weighted by atomic mass is 32.2. The molecule has 3 N–H and O–H groups in total. The van der Waals surface area contributed by atoms with Gasteiger partial charge in [-0.15, -0.1) is 0 Å². The highest BCUT2D eigenvalue weighted by Gasteiger charge is 2.43. The van der Waals surface area contributed by atoms with Gasteiger partial charge in [0, 0.05) is 12.8 Å². The molecular formula is C25H30F3N3O4S. The Balaban J connectivity index is 1.82. The maximum absolute atomic E-state index is 14.1. The molecule has 3 rings (SSSR count). The number of rotatable bonds is 9. The minimum absolute atomic E-state index is 0.0702. The van der Waals surface area contributed by atoms with Crippen molar-refractivity contribution in [1.29, 1.82) is 0 Å². The topological polar surface area (TPSA) is 104 Å². The summed E-state index contributed by atoms with van der Waals surface area (Å²) in [5, 5.41) is 7.63. The molecule has 36 heavy (non-hydrogen) atoms. The molecule has 11 heteroatoms. The SMILES string of the molecule is CC(C)C[C@H](NC(c1ccc(-c2ccc(S(C)(=O)=O)cc2)cc1)C(F)(F)F)C(=O)NC1CCNC1=O. The lowest BCUT2D eigenvalue weighted by Crippen LogP contribution is -2.52. The number of halogens is 3. The van der Waals surface area contributed by atoms with E-state index in [1.807, 2.05) is 0 Å². The second kappa shape index (κ2) is 11.0. The Kier molecular flexibility index (Phi) is 8.45. The number of sulfone groups is 1. The number of amides is 2. The van der Waals surface area contributed by atoms with Crippen molar-refractivity contribution >= 4 is 21.7 Å². The molecule has 196 valence electrons. The molecule has 3 atom stereocenters. The van der Waals surface area contributed by atoms with E-state index in [0.29, 0.717) is 24.1 Å². The maximum atomic E-state index is 14.1. The van der Waals surface area contributed by atoms with Crippen LogP contribution in [0.4, 0.5) is 13.2 Å². The minimum Gasteiger partial charge on any atom is -0.354 e. The highest BCUT2D eigenvalue weighted by molar-refractivity contribution is 7.90. The van der Waals surface area contributed by atoms with Gasteiger partial charge >= 0.3 is 6.18 Å². The third-order valence-corrected chi connectivity index (χ3v) is 7.07. The Morgan fingerprint density at radius 3 is 2.06 bits per heavy atom. The summed E-state index contributed by atoms with van der Waals surface area (Å²) in [6.07, 6.45) is -3.05. The van der Waals surface area contributed by atoms with Crippen molar-refractivity contribution in [2.24, 2.45) is 5.92 Å². The first-order valence-electron chi connectivity index (χ1n) is 11.6. The van der Waals surface area contributed by atoms with Crippen molar-refractivity contribution in [3.05, 3.63) is 54.1 Å². The number of carbonyl (C=O) groups excluding carboxylic acids is 2. The summed E-state index contributed by atoms with van der Waals surface area (Å²) in [6, 6.07) is 7.75. The molecule has 2 aromatic carbocycles. The van der Waals surface area contributed by atoms with E-state index in [2.05, 4.69) is 16.0 Å². The fourth-order valence-corrected chi connectivity index (χ4v) is 4.70. The lowest BCUT2D eigenvalue weighted by Gasteiger charge is -2.29. The molecule has 0 spiro atoms. The van der Waals surface area contributed by atoms with Gasteiger partial charge in [-0.2, -0.15) is 13.2 Å². The van der Waals surface area contributed by atoms with E-state index >= 15 is 0 Å². The van der Waals surface area contributed by atoms with Crippen LogP contribution in [0.2, 0.25) is 0 Å². The van der Waals surface area contributed by atoms with E-state index in [9.17, 15) is 31.2 Å². The Morgan fingerprint density at radius 1 is 1.06 bits per heavy atom. The quantitative estimate of drug-likeness (QED) is 0.466. The van der Waals surface area contributed by atoms with Crippen LogP contribution in [0.15, 0.2) is 53.4 Å². The third kappa shape index (κ3) is 7.07. The van der Waals surface area contributed by atoms with Gasteiger partial charge in [0.15, 0.2) is 9.84 Å². The first-order chi connectivity index (χ1) is 16.8. The molecule has 2 amide bonds. The molecule has 0 aliphatic carbocycles. The molecule has 1 fully saturated rings. The average molecular weight is 526 g/mol. The van der Waals surface area contributed by atoms with E-state index in [-0.39, 0.29) is 28.7 Å². The van der Waals surface area contributed by atoms with Crippen molar-refractivity contribution in [3.63, 3.8) is 0 Å². The van der Waals surface area contributed by atoms with Crippen LogP contribution in [0.3, 0.4) is 0 Å². The average Bonchev–Trinajstić information content (AvgIpc) is 3.19. The smallest absolute Gasteiger partial charge is 0.354 e. The number of benzene rings is 2. The Bertz CT molecular complexity index is 1180. The van der Waals surface area contributed by atoms with E-state index < -0.39 is 40.0 Å². The van der Waals surface area contributed by atoms with Crippen LogP contribution in [0.25, 0.3) is 11.1 Å². The fourth-order valence-electron chi connectivity index (χ4n) is 4.07.